The summed E-state index contributed by atoms with van der Waals surface area (Å²) in [6.07, 6.45) is -0.697. The summed E-state index contributed by atoms with van der Waals surface area (Å²) in [6.45, 7) is 5.67. The van der Waals surface area contributed by atoms with Gasteiger partial charge in [-0.05, 0) is 44.5 Å². The highest BCUT2D eigenvalue weighted by Gasteiger charge is 2.27. The maximum Gasteiger partial charge on any atom is 0.436 e. The molecule has 0 fully saturated rings. The minimum absolute atomic E-state index is 0.154. The van der Waals surface area contributed by atoms with Gasteiger partial charge in [0.25, 0.3) is 11.8 Å². The maximum atomic E-state index is 13.2. The topological polar surface area (TPSA) is 114 Å². The Labute approximate surface area is 212 Å². The van der Waals surface area contributed by atoms with Crippen molar-refractivity contribution in [3.05, 3.63) is 76.7 Å². The van der Waals surface area contributed by atoms with E-state index in [1.165, 1.54) is 0 Å². The summed E-state index contributed by atoms with van der Waals surface area (Å²) in [5.74, 6) is -0.553. The van der Waals surface area contributed by atoms with E-state index in [1.807, 2.05) is 50.2 Å². The number of rotatable bonds is 7. The van der Waals surface area contributed by atoms with Gasteiger partial charge >= 0.3 is 6.09 Å². The van der Waals surface area contributed by atoms with Crippen LogP contribution in [0.25, 0.3) is 10.2 Å². The fourth-order valence-electron chi connectivity index (χ4n) is 3.77. The van der Waals surface area contributed by atoms with Gasteiger partial charge < -0.3 is 20.7 Å². The molecule has 0 unspecified atom stereocenters. The Morgan fingerprint density at radius 1 is 1.03 bits per heavy atom. The molecule has 4 rings (SSSR count). The molecule has 4 aromatic rings. The highest BCUT2D eigenvalue weighted by molar-refractivity contribution is 7.20. The van der Waals surface area contributed by atoms with Crippen molar-refractivity contribution < 1.29 is 19.1 Å². The molecular formula is C26H27N5O4S. The molecule has 0 aliphatic carbocycles. The number of para-hydroxylation sites is 1. The molecule has 0 spiro atoms. The molecule has 36 heavy (non-hydrogen) atoms. The summed E-state index contributed by atoms with van der Waals surface area (Å²) in [4.78, 5) is 39.6. The number of hydrogen-bond acceptors (Lipinski definition) is 7. The average Bonchev–Trinajstić information content (AvgIpc) is 3.45. The van der Waals surface area contributed by atoms with Gasteiger partial charge in [-0.2, -0.15) is 4.68 Å². The average molecular weight is 506 g/mol. The first-order chi connectivity index (χ1) is 17.2. The Hall–Kier alpha value is -4.18. The molecule has 0 saturated heterocycles. The lowest BCUT2D eigenvalue weighted by atomic mass is 9.94. The number of hydrogen-bond donors (Lipinski definition) is 3. The van der Waals surface area contributed by atoms with E-state index >= 15 is 0 Å². The zero-order valence-electron chi connectivity index (χ0n) is 20.4. The minimum atomic E-state index is -0.697. The summed E-state index contributed by atoms with van der Waals surface area (Å²) in [6, 6.07) is 18.3. The minimum Gasteiger partial charge on any atom is -0.448 e. The van der Waals surface area contributed by atoms with Crippen LogP contribution in [0.1, 0.15) is 46.4 Å². The highest BCUT2D eigenvalue weighted by atomic mass is 32.1. The number of benzene rings is 2. The van der Waals surface area contributed by atoms with Crippen molar-refractivity contribution in [2.45, 2.75) is 26.3 Å². The zero-order chi connectivity index (χ0) is 25.9. The lowest BCUT2D eigenvalue weighted by molar-refractivity contribution is 0.0915. The van der Waals surface area contributed by atoms with Crippen LogP contribution in [-0.4, -0.2) is 41.3 Å². The van der Waals surface area contributed by atoms with Gasteiger partial charge in [-0.1, -0.05) is 42.5 Å². The number of carbonyl (C=O) groups is 3. The molecule has 0 aliphatic rings. The summed E-state index contributed by atoms with van der Waals surface area (Å²) in [7, 11) is 1.72. The van der Waals surface area contributed by atoms with Gasteiger partial charge in [0.2, 0.25) is 0 Å². The van der Waals surface area contributed by atoms with Crippen molar-refractivity contribution in [1.29, 1.82) is 0 Å². The monoisotopic (exact) mass is 505 g/mol. The molecule has 3 N–H and O–H groups in total. The van der Waals surface area contributed by atoms with Gasteiger partial charge in [-0.25, -0.2) is 4.79 Å². The van der Waals surface area contributed by atoms with Crippen LogP contribution in [-0.2, 0) is 10.3 Å². The molecule has 0 aliphatic heterocycles. The summed E-state index contributed by atoms with van der Waals surface area (Å²) in [5, 5.41) is 13.5. The molecule has 9 nitrogen and oxygen atoms in total. The van der Waals surface area contributed by atoms with E-state index in [1.54, 1.807) is 38.2 Å². The number of aromatic nitrogens is 2. The Morgan fingerprint density at radius 2 is 1.72 bits per heavy atom. The molecule has 0 bridgehead atoms. The first-order valence-corrected chi connectivity index (χ1v) is 12.2. The molecule has 0 atom stereocenters. The normalized spacial score (nSPS) is 11.2. The van der Waals surface area contributed by atoms with Crippen molar-refractivity contribution in [3.63, 3.8) is 0 Å². The molecule has 2 aromatic heterocycles. The summed E-state index contributed by atoms with van der Waals surface area (Å²) < 4.78 is 6.20. The van der Waals surface area contributed by atoms with Gasteiger partial charge in [0.05, 0.1) is 28.0 Å². The third kappa shape index (κ3) is 4.94. The lowest BCUT2D eigenvalue weighted by Gasteiger charge is -2.26. The second kappa shape index (κ2) is 10.2. The van der Waals surface area contributed by atoms with Crippen LogP contribution in [0.2, 0.25) is 0 Å². The van der Waals surface area contributed by atoms with E-state index in [2.05, 4.69) is 21.0 Å². The molecule has 186 valence electrons. The first kappa shape index (κ1) is 24.9. The molecule has 10 heteroatoms. The van der Waals surface area contributed by atoms with Gasteiger partial charge in [0.1, 0.15) is 4.83 Å². The van der Waals surface area contributed by atoms with Crippen molar-refractivity contribution in [1.82, 2.24) is 15.1 Å². The smallest absolute Gasteiger partial charge is 0.436 e. The van der Waals surface area contributed by atoms with Crippen LogP contribution in [0.15, 0.2) is 60.7 Å². The van der Waals surface area contributed by atoms with Crippen LogP contribution in [0, 0.1) is 0 Å². The maximum absolute atomic E-state index is 13.2. The predicted molar refractivity (Wildman–Crippen MR) is 141 cm³/mol. The fraction of sp³-hybridized carbons (Fsp3) is 0.231. The first-order valence-electron chi connectivity index (χ1n) is 11.4. The van der Waals surface area contributed by atoms with E-state index in [0.29, 0.717) is 26.3 Å². The standard InChI is InChI=1S/C26H27N5O4S/c1-5-35-25(34)31-24-18(21(30-31)28-22(32)17-13-9-10-14-19(17)27-4)15-20(36-24)23(33)29-26(2,3)16-11-7-6-8-12-16/h6-15,27H,5H2,1-4H3,(H,29,33)(H,28,30,32). The summed E-state index contributed by atoms with van der Waals surface area (Å²) in [5.41, 5.74) is 1.38. The summed E-state index contributed by atoms with van der Waals surface area (Å²) >= 11 is 1.10. The molecule has 2 aromatic carbocycles. The van der Waals surface area contributed by atoms with E-state index in [0.717, 1.165) is 21.6 Å². The highest BCUT2D eigenvalue weighted by Crippen LogP contribution is 2.33. The van der Waals surface area contributed by atoms with E-state index in [4.69, 9.17) is 4.74 Å². The second-order valence-corrected chi connectivity index (χ2v) is 9.51. The number of fused-ring (bicyclic) bond motifs is 1. The number of carbonyl (C=O) groups excluding carboxylic acids is 3. The Balaban J connectivity index is 1.69. The number of nitrogens with one attached hydrogen (secondary N) is 3. The Kier molecular flexibility index (Phi) is 7.07. The van der Waals surface area contributed by atoms with Crippen LogP contribution in [0.4, 0.5) is 16.3 Å². The van der Waals surface area contributed by atoms with Crippen LogP contribution < -0.4 is 16.0 Å². The van der Waals surface area contributed by atoms with Crippen molar-refractivity contribution >= 4 is 51.0 Å². The van der Waals surface area contributed by atoms with Crippen LogP contribution >= 0.6 is 11.3 Å². The van der Waals surface area contributed by atoms with Gasteiger partial charge in [0, 0.05) is 12.7 Å². The van der Waals surface area contributed by atoms with Gasteiger partial charge in [0.15, 0.2) is 5.82 Å². The fourth-order valence-corrected chi connectivity index (χ4v) is 4.76. The third-order valence-corrected chi connectivity index (χ3v) is 6.73. The third-order valence-electron chi connectivity index (χ3n) is 5.62. The SMILES string of the molecule is CCOC(=O)n1nc(NC(=O)c2ccccc2NC)c2cc(C(=O)NC(C)(C)c3ccccc3)sc21. The lowest BCUT2D eigenvalue weighted by Crippen LogP contribution is -2.40. The number of ether oxygens (including phenoxy) is 1. The predicted octanol–water partition coefficient (Wildman–Crippen LogP) is 5.06. The van der Waals surface area contributed by atoms with Crippen molar-refractivity contribution in [3.8, 4) is 0 Å². The quantitative estimate of drug-likeness (QED) is 0.323. The van der Waals surface area contributed by atoms with E-state index in [-0.39, 0.29) is 18.3 Å². The number of amides is 2. The number of anilines is 2. The molecule has 2 amide bonds. The van der Waals surface area contributed by atoms with E-state index < -0.39 is 17.5 Å². The second-order valence-electron chi connectivity index (χ2n) is 8.48. The number of thiophene rings is 1. The molecule has 0 saturated carbocycles. The van der Waals surface area contributed by atoms with Crippen molar-refractivity contribution in [2.24, 2.45) is 0 Å². The molecule has 2 heterocycles. The largest absolute Gasteiger partial charge is 0.448 e. The van der Waals surface area contributed by atoms with Crippen LogP contribution in [0.5, 0.6) is 0 Å². The van der Waals surface area contributed by atoms with E-state index in [9.17, 15) is 14.4 Å². The zero-order valence-corrected chi connectivity index (χ0v) is 21.2. The molecule has 0 radical (unpaired) electrons. The Morgan fingerprint density at radius 3 is 2.42 bits per heavy atom. The van der Waals surface area contributed by atoms with Gasteiger partial charge in [-0.15, -0.1) is 16.4 Å². The van der Waals surface area contributed by atoms with Gasteiger partial charge in [-0.3, -0.25) is 9.59 Å². The molecular weight excluding hydrogens is 478 g/mol. The van der Waals surface area contributed by atoms with Crippen molar-refractivity contribution in [2.75, 3.05) is 24.3 Å². The number of nitrogens with zero attached hydrogens (tertiary/aromatic N) is 2. The Bertz CT molecular complexity index is 1420. The van der Waals surface area contributed by atoms with Crippen LogP contribution in [0.3, 0.4) is 0 Å².